The van der Waals surface area contributed by atoms with Crippen LogP contribution in [0.15, 0.2) is 52.1 Å². The molecule has 0 bridgehead atoms. The molecule has 18 heavy (non-hydrogen) atoms. The summed E-state index contributed by atoms with van der Waals surface area (Å²) in [5.74, 6) is 0.823. The lowest BCUT2D eigenvalue weighted by molar-refractivity contribution is 0.415. The molecular weight excluding hydrogens is 294 g/mol. The standard InChI is InChI=1S/C13H10BrN3O/c1-18-11-5-2-9(3-6-11)10-4-7-13(16-17-15)12(14)8-10/h2-8H,1H3. The minimum Gasteiger partial charge on any atom is -0.497 e. The molecule has 2 aromatic carbocycles. The number of hydrogen-bond donors (Lipinski definition) is 0. The van der Waals surface area contributed by atoms with Gasteiger partial charge in [0.15, 0.2) is 0 Å². The van der Waals surface area contributed by atoms with Gasteiger partial charge in [0.2, 0.25) is 0 Å². The molecule has 0 heterocycles. The molecule has 2 rings (SSSR count). The first-order valence-corrected chi connectivity index (χ1v) is 6.03. The Labute approximate surface area is 113 Å². The van der Waals surface area contributed by atoms with E-state index in [1.165, 1.54) is 0 Å². The maximum atomic E-state index is 8.41. The average Bonchev–Trinajstić information content (AvgIpc) is 2.41. The highest BCUT2D eigenvalue weighted by atomic mass is 79.9. The van der Waals surface area contributed by atoms with Gasteiger partial charge in [-0.1, -0.05) is 45.3 Å². The third-order valence-electron chi connectivity index (χ3n) is 2.52. The number of ether oxygens (including phenoxy) is 1. The van der Waals surface area contributed by atoms with Crippen LogP contribution in [0, 0.1) is 0 Å². The fourth-order valence-electron chi connectivity index (χ4n) is 1.60. The van der Waals surface area contributed by atoms with Crippen LogP contribution in [0.2, 0.25) is 0 Å². The van der Waals surface area contributed by atoms with Crippen molar-refractivity contribution in [2.75, 3.05) is 7.11 Å². The van der Waals surface area contributed by atoms with E-state index in [4.69, 9.17) is 10.3 Å². The fraction of sp³-hybridized carbons (Fsp3) is 0.0769. The molecule has 0 aliphatic heterocycles. The molecule has 0 saturated heterocycles. The zero-order valence-electron chi connectivity index (χ0n) is 9.67. The van der Waals surface area contributed by atoms with E-state index in [0.717, 1.165) is 21.3 Å². The Morgan fingerprint density at radius 1 is 1.11 bits per heavy atom. The van der Waals surface area contributed by atoms with Crippen molar-refractivity contribution in [3.63, 3.8) is 0 Å². The van der Waals surface area contributed by atoms with E-state index >= 15 is 0 Å². The maximum Gasteiger partial charge on any atom is 0.118 e. The zero-order chi connectivity index (χ0) is 13.0. The van der Waals surface area contributed by atoms with E-state index in [9.17, 15) is 0 Å². The molecule has 0 radical (unpaired) electrons. The first-order chi connectivity index (χ1) is 8.74. The molecule has 0 unspecified atom stereocenters. The topological polar surface area (TPSA) is 58.0 Å². The molecule has 5 heteroatoms. The summed E-state index contributed by atoms with van der Waals surface area (Å²) in [7, 11) is 1.64. The number of rotatable bonds is 3. The number of azide groups is 1. The third-order valence-corrected chi connectivity index (χ3v) is 3.16. The molecule has 0 fully saturated rings. The molecule has 0 aromatic heterocycles. The fourth-order valence-corrected chi connectivity index (χ4v) is 2.06. The van der Waals surface area contributed by atoms with Crippen LogP contribution in [0.5, 0.6) is 5.75 Å². The quantitative estimate of drug-likeness (QED) is 0.444. The molecule has 4 nitrogen and oxygen atoms in total. The van der Waals surface area contributed by atoms with Gasteiger partial charge in [-0.05, 0) is 34.9 Å². The zero-order valence-corrected chi connectivity index (χ0v) is 11.3. The molecule has 0 saturated carbocycles. The van der Waals surface area contributed by atoms with Crippen LogP contribution in [-0.4, -0.2) is 7.11 Å². The molecule has 0 aliphatic carbocycles. The molecule has 0 atom stereocenters. The monoisotopic (exact) mass is 303 g/mol. The van der Waals surface area contributed by atoms with Crippen molar-refractivity contribution in [3.05, 3.63) is 57.4 Å². The lowest BCUT2D eigenvalue weighted by atomic mass is 10.1. The van der Waals surface area contributed by atoms with Gasteiger partial charge in [0.1, 0.15) is 5.75 Å². The van der Waals surface area contributed by atoms with Gasteiger partial charge >= 0.3 is 0 Å². The van der Waals surface area contributed by atoms with Gasteiger partial charge in [0.25, 0.3) is 0 Å². The Kier molecular flexibility index (Phi) is 3.87. The summed E-state index contributed by atoms with van der Waals surface area (Å²) in [5.41, 5.74) is 11.1. The summed E-state index contributed by atoms with van der Waals surface area (Å²) >= 11 is 3.38. The lowest BCUT2D eigenvalue weighted by Gasteiger charge is -2.05. The summed E-state index contributed by atoms with van der Waals surface area (Å²) in [6, 6.07) is 13.4. The first kappa shape index (κ1) is 12.5. The second kappa shape index (κ2) is 5.58. The van der Waals surface area contributed by atoms with Crippen LogP contribution in [0.1, 0.15) is 0 Å². The summed E-state index contributed by atoms with van der Waals surface area (Å²) in [5, 5.41) is 3.58. The van der Waals surface area contributed by atoms with E-state index in [1.54, 1.807) is 13.2 Å². The van der Waals surface area contributed by atoms with Crippen molar-refractivity contribution < 1.29 is 4.74 Å². The number of benzene rings is 2. The molecule has 2 aromatic rings. The van der Waals surface area contributed by atoms with Crippen LogP contribution >= 0.6 is 15.9 Å². The highest BCUT2D eigenvalue weighted by Crippen LogP contribution is 2.31. The van der Waals surface area contributed by atoms with Crippen molar-refractivity contribution in [1.29, 1.82) is 0 Å². The molecule has 0 aliphatic rings. The summed E-state index contributed by atoms with van der Waals surface area (Å²) < 4.78 is 5.89. The first-order valence-electron chi connectivity index (χ1n) is 5.23. The average molecular weight is 304 g/mol. The highest BCUT2D eigenvalue weighted by molar-refractivity contribution is 9.10. The van der Waals surface area contributed by atoms with E-state index in [-0.39, 0.29) is 0 Å². The predicted molar refractivity (Wildman–Crippen MR) is 74.9 cm³/mol. The summed E-state index contributed by atoms with van der Waals surface area (Å²) in [4.78, 5) is 2.77. The SMILES string of the molecule is COc1ccc(-c2ccc(N=[N+]=[N-])c(Br)c2)cc1. The summed E-state index contributed by atoms with van der Waals surface area (Å²) in [6.07, 6.45) is 0. The number of methoxy groups -OCH3 is 1. The van der Waals surface area contributed by atoms with Crippen molar-refractivity contribution in [2.45, 2.75) is 0 Å². The second-order valence-corrected chi connectivity index (χ2v) is 4.44. The van der Waals surface area contributed by atoms with Crippen molar-refractivity contribution >= 4 is 21.6 Å². The van der Waals surface area contributed by atoms with E-state index < -0.39 is 0 Å². The van der Waals surface area contributed by atoms with Crippen LogP contribution in [0.25, 0.3) is 21.6 Å². The van der Waals surface area contributed by atoms with Crippen LogP contribution in [-0.2, 0) is 0 Å². The Hall–Kier alpha value is -1.97. The Morgan fingerprint density at radius 2 is 1.78 bits per heavy atom. The Bertz CT molecular complexity index is 604. The van der Waals surface area contributed by atoms with Gasteiger partial charge in [0.05, 0.1) is 12.8 Å². The Balaban J connectivity index is 2.38. The molecular formula is C13H10BrN3O. The molecule has 0 N–H and O–H groups in total. The van der Waals surface area contributed by atoms with Gasteiger partial charge < -0.3 is 4.74 Å². The number of hydrogen-bond acceptors (Lipinski definition) is 2. The van der Waals surface area contributed by atoms with Crippen molar-refractivity contribution in [1.82, 2.24) is 0 Å². The minimum atomic E-state index is 0.578. The van der Waals surface area contributed by atoms with E-state index in [2.05, 4.69) is 26.0 Å². The third kappa shape index (κ3) is 2.64. The van der Waals surface area contributed by atoms with Gasteiger partial charge in [-0.25, -0.2) is 0 Å². The van der Waals surface area contributed by atoms with Gasteiger partial charge in [-0.3, -0.25) is 0 Å². The normalized spacial score (nSPS) is 9.67. The van der Waals surface area contributed by atoms with E-state index in [0.29, 0.717) is 5.69 Å². The largest absolute Gasteiger partial charge is 0.497 e. The van der Waals surface area contributed by atoms with Crippen LogP contribution in [0.3, 0.4) is 0 Å². The number of nitrogens with zero attached hydrogens (tertiary/aromatic N) is 3. The smallest absolute Gasteiger partial charge is 0.118 e. The van der Waals surface area contributed by atoms with Crippen LogP contribution < -0.4 is 4.74 Å². The number of halogens is 1. The Morgan fingerprint density at radius 3 is 2.33 bits per heavy atom. The van der Waals surface area contributed by atoms with E-state index in [1.807, 2.05) is 36.4 Å². The molecule has 0 amide bonds. The van der Waals surface area contributed by atoms with Gasteiger partial charge in [0, 0.05) is 9.38 Å². The molecule has 0 spiro atoms. The molecule has 90 valence electrons. The van der Waals surface area contributed by atoms with Crippen molar-refractivity contribution in [2.24, 2.45) is 5.11 Å². The second-order valence-electron chi connectivity index (χ2n) is 3.58. The maximum absolute atomic E-state index is 8.41. The summed E-state index contributed by atoms with van der Waals surface area (Å²) in [6.45, 7) is 0. The van der Waals surface area contributed by atoms with Gasteiger partial charge in [-0.2, -0.15) is 0 Å². The predicted octanol–water partition coefficient (Wildman–Crippen LogP) is 5.07. The van der Waals surface area contributed by atoms with Gasteiger partial charge in [-0.15, -0.1) is 0 Å². The minimum absolute atomic E-state index is 0.578. The highest BCUT2D eigenvalue weighted by Gasteiger charge is 2.02. The van der Waals surface area contributed by atoms with Crippen molar-refractivity contribution in [3.8, 4) is 16.9 Å². The van der Waals surface area contributed by atoms with Crippen LogP contribution in [0.4, 0.5) is 5.69 Å². The lowest BCUT2D eigenvalue weighted by Crippen LogP contribution is -1.82.